The average Bonchev–Trinajstić information content (AvgIpc) is 2.40. The monoisotopic (exact) mass is 270 g/mol. The van der Waals surface area contributed by atoms with E-state index in [2.05, 4.69) is 19.2 Å². The third kappa shape index (κ3) is 4.40. The summed E-state index contributed by atoms with van der Waals surface area (Å²) in [6.45, 7) is 4.14. The van der Waals surface area contributed by atoms with E-state index in [4.69, 9.17) is 5.11 Å². The molecule has 0 bridgehead atoms. The van der Waals surface area contributed by atoms with E-state index in [1.54, 1.807) is 4.90 Å². The number of carboxylic acid groups (broad SMARTS) is 1. The van der Waals surface area contributed by atoms with Gasteiger partial charge >= 0.3 is 12.0 Å². The summed E-state index contributed by atoms with van der Waals surface area (Å²) < 4.78 is 0. The molecule has 2 atom stereocenters. The number of carbonyl (C=O) groups excluding carboxylic acids is 1. The van der Waals surface area contributed by atoms with Gasteiger partial charge in [-0.05, 0) is 32.1 Å². The molecule has 0 aromatic heterocycles. The number of hydrogen-bond acceptors (Lipinski definition) is 2. The molecule has 2 N–H and O–H groups in total. The van der Waals surface area contributed by atoms with Crippen molar-refractivity contribution in [1.29, 1.82) is 0 Å². The maximum atomic E-state index is 12.1. The molecule has 1 aliphatic rings. The Morgan fingerprint density at radius 3 is 2.47 bits per heavy atom. The van der Waals surface area contributed by atoms with Gasteiger partial charge in [0.2, 0.25) is 0 Å². The zero-order valence-corrected chi connectivity index (χ0v) is 12.2. The minimum Gasteiger partial charge on any atom is -0.481 e. The summed E-state index contributed by atoms with van der Waals surface area (Å²) in [6.07, 6.45) is 4.90. The molecule has 110 valence electrons. The van der Waals surface area contributed by atoms with Crippen LogP contribution in [0.2, 0.25) is 0 Å². The molecule has 2 amide bonds. The lowest BCUT2D eigenvalue weighted by atomic mass is 9.86. The maximum Gasteiger partial charge on any atom is 0.317 e. The highest BCUT2D eigenvalue weighted by Crippen LogP contribution is 2.24. The summed E-state index contributed by atoms with van der Waals surface area (Å²) in [5, 5.41) is 12.0. The Hall–Kier alpha value is -1.26. The highest BCUT2D eigenvalue weighted by Gasteiger charge is 2.29. The van der Waals surface area contributed by atoms with E-state index in [-0.39, 0.29) is 24.0 Å². The molecular weight excluding hydrogens is 244 g/mol. The maximum absolute atomic E-state index is 12.1. The lowest BCUT2D eigenvalue weighted by Crippen LogP contribution is -2.48. The minimum atomic E-state index is -0.743. The fraction of sp³-hybridized carbons (Fsp3) is 0.857. The molecule has 19 heavy (non-hydrogen) atoms. The average molecular weight is 270 g/mol. The van der Waals surface area contributed by atoms with Crippen LogP contribution in [-0.2, 0) is 4.79 Å². The van der Waals surface area contributed by atoms with E-state index in [0.717, 1.165) is 32.1 Å². The summed E-state index contributed by atoms with van der Waals surface area (Å²) in [5.41, 5.74) is 0. The van der Waals surface area contributed by atoms with Crippen LogP contribution < -0.4 is 5.32 Å². The van der Waals surface area contributed by atoms with Crippen LogP contribution >= 0.6 is 0 Å². The van der Waals surface area contributed by atoms with E-state index in [9.17, 15) is 9.59 Å². The van der Waals surface area contributed by atoms with Crippen molar-refractivity contribution in [3.63, 3.8) is 0 Å². The van der Waals surface area contributed by atoms with Gasteiger partial charge in [0.1, 0.15) is 0 Å². The summed E-state index contributed by atoms with van der Waals surface area (Å²) >= 11 is 0. The van der Waals surface area contributed by atoms with Crippen molar-refractivity contribution in [3.05, 3.63) is 0 Å². The van der Waals surface area contributed by atoms with Crippen molar-refractivity contribution in [2.24, 2.45) is 5.92 Å². The molecule has 0 spiro atoms. The van der Waals surface area contributed by atoms with Crippen molar-refractivity contribution >= 4 is 12.0 Å². The number of nitrogens with zero attached hydrogens (tertiary/aromatic N) is 1. The number of carbonyl (C=O) groups is 2. The van der Waals surface area contributed by atoms with E-state index >= 15 is 0 Å². The minimum absolute atomic E-state index is 0.000776. The molecule has 1 saturated carbocycles. The number of hydrogen-bond donors (Lipinski definition) is 2. The smallest absolute Gasteiger partial charge is 0.317 e. The predicted molar refractivity (Wildman–Crippen MR) is 74.0 cm³/mol. The first-order valence-electron chi connectivity index (χ1n) is 7.25. The fourth-order valence-corrected chi connectivity index (χ4v) is 2.82. The summed E-state index contributed by atoms with van der Waals surface area (Å²) in [7, 11) is 1.81. The van der Waals surface area contributed by atoms with Gasteiger partial charge in [-0.1, -0.05) is 20.3 Å². The van der Waals surface area contributed by atoms with Gasteiger partial charge < -0.3 is 15.3 Å². The second-order valence-electron chi connectivity index (χ2n) is 5.43. The van der Waals surface area contributed by atoms with Crippen LogP contribution in [0.3, 0.4) is 0 Å². The number of aliphatic carboxylic acids is 1. The third-order valence-corrected chi connectivity index (χ3v) is 4.16. The van der Waals surface area contributed by atoms with Gasteiger partial charge in [-0.3, -0.25) is 4.79 Å². The largest absolute Gasteiger partial charge is 0.481 e. The van der Waals surface area contributed by atoms with Gasteiger partial charge in [0.25, 0.3) is 0 Å². The Morgan fingerprint density at radius 1 is 1.32 bits per heavy atom. The second kappa shape index (κ2) is 7.36. The highest BCUT2D eigenvalue weighted by atomic mass is 16.4. The summed E-state index contributed by atoms with van der Waals surface area (Å²) in [6, 6.07) is 0.169. The quantitative estimate of drug-likeness (QED) is 0.806. The van der Waals surface area contributed by atoms with Crippen LogP contribution in [0.15, 0.2) is 0 Å². The number of carboxylic acids is 1. The van der Waals surface area contributed by atoms with E-state index in [0.29, 0.717) is 6.42 Å². The Balaban J connectivity index is 2.49. The molecule has 1 aliphatic carbocycles. The van der Waals surface area contributed by atoms with Gasteiger partial charge in [0.05, 0.1) is 5.92 Å². The van der Waals surface area contributed by atoms with Crippen molar-refractivity contribution in [3.8, 4) is 0 Å². The third-order valence-electron chi connectivity index (χ3n) is 4.16. The lowest BCUT2D eigenvalue weighted by molar-refractivity contribution is -0.143. The van der Waals surface area contributed by atoms with E-state index in [1.807, 2.05) is 7.05 Å². The zero-order chi connectivity index (χ0) is 14.4. The van der Waals surface area contributed by atoms with Crippen molar-refractivity contribution in [2.45, 2.75) is 64.5 Å². The number of amides is 2. The highest BCUT2D eigenvalue weighted by molar-refractivity contribution is 5.75. The normalized spacial score (nSPS) is 23.2. The molecule has 0 aromatic rings. The second-order valence-corrected chi connectivity index (χ2v) is 5.43. The Morgan fingerprint density at radius 2 is 1.95 bits per heavy atom. The van der Waals surface area contributed by atoms with Gasteiger partial charge in [-0.15, -0.1) is 0 Å². The van der Waals surface area contributed by atoms with Crippen LogP contribution in [0.5, 0.6) is 0 Å². The predicted octanol–water partition coefficient (Wildman–Crippen LogP) is 2.46. The van der Waals surface area contributed by atoms with Crippen molar-refractivity contribution in [2.75, 3.05) is 7.05 Å². The Kier molecular flexibility index (Phi) is 6.12. The van der Waals surface area contributed by atoms with Crippen LogP contribution in [0.25, 0.3) is 0 Å². The molecule has 1 fully saturated rings. The van der Waals surface area contributed by atoms with Crippen molar-refractivity contribution < 1.29 is 14.7 Å². The van der Waals surface area contributed by atoms with Crippen molar-refractivity contribution in [1.82, 2.24) is 10.2 Å². The van der Waals surface area contributed by atoms with Gasteiger partial charge in [-0.2, -0.15) is 0 Å². The van der Waals surface area contributed by atoms with Crippen LogP contribution in [-0.4, -0.2) is 41.1 Å². The Bertz CT molecular complexity index is 316. The van der Waals surface area contributed by atoms with E-state index < -0.39 is 5.97 Å². The van der Waals surface area contributed by atoms with Gasteiger partial charge in [0, 0.05) is 19.1 Å². The topological polar surface area (TPSA) is 69.6 Å². The molecule has 0 heterocycles. The van der Waals surface area contributed by atoms with Crippen LogP contribution in [0.4, 0.5) is 4.79 Å². The first-order valence-corrected chi connectivity index (χ1v) is 7.25. The first-order chi connectivity index (χ1) is 8.99. The SMILES string of the molecule is CCC(CC)N(C)C(=O)NC1CCCC(C(=O)O)C1. The van der Waals surface area contributed by atoms with Gasteiger partial charge in [0.15, 0.2) is 0 Å². The summed E-state index contributed by atoms with van der Waals surface area (Å²) in [5.74, 6) is -1.05. The van der Waals surface area contributed by atoms with Gasteiger partial charge in [-0.25, -0.2) is 4.79 Å². The molecule has 0 radical (unpaired) electrons. The molecule has 0 aliphatic heterocycles. The van der Waals surface area contributed by atoms with Crippen LogP contribution in [0, 0.1) is 5.92 Å². The molecule has 2 unspecified atom stereocenters. The molecule has 0 aromatic carbocycles. The standard InChI is InChI=1S/C14H26N2O3/c1-4-12(5-2)16(3)14(19)15-11-8-6-7-10(9-11)13(17)18/h10-12H,4-9H2,1-3H3,(H,15,19)(H,17,18). The molecular formula is C14H26N2O3. The van der Waals surface area contributed by atoms with Crippen LogP contribution in [0.1, 0.15) is 52.4 Å². The van der Waals surface area contributed by atoms with E-state index in [1.165, 1.54) is 0 Å². The zero-order valence-electron chi connectivity index (χ0n) is 12.2. The lowest BCUT2D eigenvalue weighted by Gasteiger charge is -2.32. The number of rotatable bonds is 5. The molecule has 0 saturated heterocycles. The molecule has 1 rings (SSSR count). The summed E-state index contributed by atoms with van der Waals surface area (Å²) in [4.78, 5) is 24.9. The fourth-order valence-electron chi connectivity index (χ4n) is 2.82. The first kappa shape index (κ1) is 15.8. The Labute approximate surface area is 115 Å². The number of urea groups is 1. The molecule has 5 heteroatoms. The molecule has 5 nitrogen and oxygen atoms in total. The number of nitrogens with one attached hydrogen (secondary N) is 1.